The number of amides is 1. The molecule has 0 unspecified atom stereocenters. The monoisotopic (exact) mass is 378 g/mol. The molecule has 1 aromatic heterocycles. The van der Waals surface area contributed by atoms with E-state index >= 15 is 0 Å². The van der Waals surface area contributed by atoms with E-state index in [0.29, 0.717) is 24.5 Å². The van der Waals surface area contributed by atoms with Gasteiger partial charge < -0.3 is 14.6 Å². The molecule has 140 valence electrons. The molecular formula is C17H22N4O4S. The van der Waals surface area contributed by atoms with E-state index in [1.54, 1.807) is 18.2 Å². The van der Waals surface area contributed by atoms with Crippen molar-refractivity contribution in [2.45, 2.75) is 30.8 Å². The summed E-state index contributed by atoms with van der Waals surface area (Å²) in [4.78, 5) is 16.2. The molecule has 3 rings (SSSR count). The fourth-order valence-corrected chi connectivity index (χ4v) is 4.35. The summed E-state index contributed by atoms with van der Waals surface area (Å²) in [7, 11) is -2.07. The average Bonchev–Trinajstić information content (AvgIpc) is 3.12. The van der Waals surface area contributed by atoms with Crippen LogP contribution in [0.4, 0.5) is 5.69 Å². The van der Waals surface area contributed by atoms with Gasteiger partial charge in [0.2, 0.25) is 5.91 Å². The fraction of sp³-hybridized carbons (Fsp3) is 0.412. The first-order valence-electron chi connectivity index (χ1n) is 8.45. The molecule has 1 aromatic carbocycles. The van der Waals surface area contributed by atoms with Gasteiger partial charge in [-0.2, -0.15) is 4.31 Å². The van der Waals surface area contributed by atoms with E-state index in [0.717, 1.165) is 19.3 Å². The number of sulfonamides is 1. The number of nitrogens with zero attached hydrogens (tertiary/aromatic N) is 3. The number of methoxy groups -OCH3 is 1. The van der Waals surface area contributed by atoms with Gasteiger partial charge in [-0.25, -0.2) is 13.4 Å². The number of aromatic nitrogens is 2. The molecule has 1 N–H and O–H groups in total. The molecule has 1 aliphatic heterocycles. The Hall–Kier alpha value is -2.39. The normalized spacial score (nSPS) is 15.6. The fourth-order valence-electron chi connectivity index (χ4n) is 2.90. The molecule has 2 heterocycles. The van der Waals surface area contributed by atoms with Crippen molar-refractivity contribution in [3.63, 3.8) is 0 Å². The maximum atomic E-state index is 12.6. The number of carbonyl (C=O) groups is 1. The van der Waals surface area contributed by atoms with Gasteiger partial charge in [0.1, 0.15) is 12.3 Å². The lowest BCUT2D eigenvalue weighted by molar-refractivity contribution is -0.116. The summed E-state index contributed by atoms with van der Waals surface area (Å²) in [6, 6.07) is 7.08. The zero-order chi connectivity index (χ0) is 18.6. The summed E-state index contributed by atoms with van der Waals surface area (Å²) in [5, 5.41) is 2.73. The number of piperidine rings is 1. The molecule has 0 saturated carbocycles. The van der Waals surface area contributed by atoms with E-state index in [9.17, 15) is 13.2 Å². The topological polar surface area (TPSA) is 93.5 Å². The van der Waals surface area contributed by atoms with Gasteiger partial charge in [0.05, 0.1) is 19.1 Å². The molecule has 0 radical (unpaired) electrons. The number of ether oxygens (including phenoxy) is 1. The van der Waals surface area contributed by atoms with Gasteiger partial charge in [-0.05, 0) is 25.0 Å². The summed E-state index contributed by atoms with van der Waals surface area (Å²) >= 11 is 0. The molecular weight excluding hydrogens is 356 g/mol. The van der Waals surface area contributed by atoms with Crippen molar-refractivity contribution in [2.24, 2.45) is 0 Å². The SMILES string of the molecule is COc1ccccc1NC(=O)Cn1cnc(S(=O)(=O)N2CCCCC2)c1. The molecule has 0 aliphatic carbocycles. The largest absolute Gasteiger partial charge is 0.495 e. The lowest BCUT2D eigenvalue weighted by Crippen LogP contribution is -2.35. The zero-order valence-corrected chi connectivity index (χ0v) is 15.4. The van der Waals surface area contributed by atoms with Crippen LogP contribution in [0.25, 0.3) is 0 Å². The third-order valence-electron chi connectivity index (χ3n) is 4.24. The van der Waals surface area contributed by atoms with E-state index in [-0.39, 0.29) is 17.5 Å². The Kier molecular flexibility index (Phi) is 5.58. The highest BCUT2D eigenvalue weighted by atomic mass is 32.2. The Labute approximate surface area is 152 Å². The molecule has 0 spiro atoms. The first kappa shape index (κ1) is 18.4. The molecule has 9 heteroatoms. The standard InChI is InChI=1S/C17H22N4O4S/c1-25-15-8-4-3-7-14(15)19-16(22)11-20-12-17(18-13-20)26(23,24)21-9-5-2-6-10-21/h3-4,7-8,12-13H,2,5-6,9-11H2,1H3,(H,19,22). The summed E-state index contributed by atoms with van der Waals surface area (Å²) in [6.45, 7) is 0.994. The van der Waals surface area contributed by atoms with Crippen molar-refractivity contribution in [1.29, 1.82) is 0 Å². The van der Waals surface area contributed by atoms with Crippen molar-refractivity contribution in [3.05, 3.63) is 36.8 Å². The van der Waals surface area contributed by atoms with Crippen LogP contribution in [-0.4, -0.2) is 48.4 Å². The second kappa shape index (κ2) is 7.88. The minimum atomic E-state index is -3.60. The maximum Gasteiger partial charge on any atom is 0.262 e. The second-order valence-corrected chi connectivity index (χ2v) is 7.98. The van der Waals surface area contributed by atoms with Crippen LogP contribution in [0.3, 0.4) is 0 Å². The molecule has 1 aliphatic rings. The van der Waals surface area contributed by atoms with E-state index in [4.69, 9.17) is 4.74 Å². The van der Waals surface area contributed by atoms with Crippen LogP contribution in [0, 0.1) is 0 Å². The highest BCUT2D eigenvalue weighted by Gasteiger charge is 2.28. The Morgan fingerprint density at radius 2 is 1.96 bits per heavy atom. The lowest BCUT2D eigenvalue weighted by Gasteiger charge is -2.24. The Bertz CT molecular complexity index is 872. The smallest absolute Gasteiger partial charge is 0.262 e. The van der Waals surface area contributed by atoms with Crippen LogP contribution in [0.5, 0.6) is 5.75 Å². The Morgan fingerprint density at radius 1 is 1.23 bits per heavy atom. The van der Waals surface area contributed by atoms with Gasteiger partial charge in [-0.15, -0.1) is 0 Å². The number of imidazole rings is 1. The summed E-state index contributed by atoms with van der Waals surface area (Å²) in [5.74, 6) is 0.258. The first-order valence-corrected chi connectivity index (χ1v) is 9.89. The number of benzene rings is 1. The number of anilines is 1. The predicted molar refractivity (Wildman–Crippen MR) is 96.5 cm³/mol. The van der Waals surface area contributed by atoms with E-state index in [1.165, 1.54) is 28.5 Å². The molecule has 2 aromatic rings. The van der Waals surface area contributed by atoms with Crippen molar-refractivity contribution < 1.29 is 17.9 Å². The van der Waals surface area contributed by atoms with Gasteiger partial charge in [0.25, 0.3) is 10.0 Å². The van der Waals surface area contributed by atoms with Crippen LogP contribution in [0.15, 0.2) is 41.8 Å². The molecule has 1 saturated heterocycles. The highest BCUT2D eigenvalue weighted by molar-refractivity contribution is 7.89. The second-order valence-electron chi connectivity index (χ2n) is 6.10. The number of rotatable bonds is 6. The third kappa shape index (κ3) is 4.05. The molecule has 0 atom stereocenters. The third-order valence-corrected chi connectivity index (χ3v) is 6.02. The number of nitrogens with one attached hydrogen (secondary N) is 1. The van der Waals surface area contributed by atoms with Crippen LogP contribution in [0.2, 0.25) is 0 Å². The Balaban J connectivity index is 1.67. The van der Waals surface area contributed by atoms with E-state index in [1.807, 2.05) is 6.07 Å². The van der Waals surface area contributed by atoms with Crippen LogP contribution in [-0.2, 0) is 21.4 Å². The molecule has 1 fully saturated rings. The maximum absolute atomic E-state index is 12.6. The molecule has 1 amide bonds. The highest BCUT2D eigenvalue weighted by Crippen LogP contribution is 2.23. The number of para-hydroxylation sites is 2. The van der Waals surface area contributed by atoms with Crippen LogP contribution in [0.1, 0.15) is 19.3 Å². The predicted octanol–water partition coefficient (Wildman–Crippen LogP) is 1.70. The van der Waals surface area contributed by atoms with Gasteiger partial charge in [0, 0.05) is 19.3 Å². The van der Waals surface area contributed by atoms with Gasteiger partial charge >= 0.3 is 0 Å². The van der Waals surface area contributed by atoms with Crippen LogP contribution >= 0.6 is 0 Å². The number of carbonyl (C=O) groups excluding carboxylic acids is 1. The number of hydrogen-bond acceptors (Lipinski definition) is 5. The summed E-state index contributed by atoms with van der Waals surface area (Å²) in [6.07, 6.45) is 5.52. The van der Waals surface area contributed by atoms with E-state index < -0.39 is 10.0 Å². The summed E-state index contributed by atoms with van der Waals surface area (Å²) < 4.78 is 33.3. The summed E-state index contributed by atoms with van der Waals surface area (Å²) in [5.41, 5.74) is 0.557. The quantitative estimate of drug-likeness (QED) is 0.826. The molecule has 0 bridgehead atoms. The van der Waals surface area contributed by atoms with Gasteiger partial charge in [0.15, 0.2) is 5.03 Å². The first-order chi connectivity index (χ1) is 12.5. The van der Waals surface area contributed by atoms with Crippen molar-refractivity contribution >= 4 is 21.6 Å². The minimum absolute atomic E-state index is 0.0236. The van der Waals surface area contributed by atoms with Crippen LogP contribution < -0.4 is 10.1 Å². The van der Waals surface area contributed by atoms with Gasteiger partial charge in [-0.1, -0.05) is 18.6 Å². The van der Waals surface area contributed by atoms with Gasteiger partial charge in [-0.3, -0.25) is 4.79 Å². The number of hydrogen-bond donors (Lipinski definition) is 1. The minimum Gasteiger partial charge on any atom is -0.495 e. The van der Waals surface area contributed by atoms with Crippen molar-refractivity contribution in [2.75, 3.05) is 25.5 Å². The Morgan fingerprint density at radius 3 is 2.69 bits per heavy atom. The van der Waals surface area contributed by atoms with Crippen molar-refractivity contribution in [3.8, 4) is 5.75 Å². The van der Waals surface area contributed by atoms with Crippen molar-refractivity contribution in [1.82, 2.24) is 13.9 Å². The average molecular weight is 378 g/mol. The zero-order valence-electron chi connectivity index (χ0n) is 14.6. The lowest BCUT2D eigenvalue weighted by atomic mass is 10.2. The molecule has 26 heavy (non-hydrogen) atoms. The van der Waals surface area contributed by atoms with E-state index in [2.05, 4.69) is 10.3 Å². The molecule has 8 nitrogen and oxygen atoms in total.